The summed E-state index contributed by atoms with van der Waals surface area (Å²) >= 11 is 3.42. The molecule has 0 aromatic heterocycles. The Morgan fingerprint density at radius 1 is 1.31 bits per heavy atom. The topological polar surface area (TPSA) is 34.1 Å². The highest BCUT2D eigenvalue weighted by atomic mass is 79.9. The molecule has 2 atom stereocenters. The Morgan fingerprint density at radius 3 is 2.56 bits per heavy atom. The van der Waals surface area contributed by atoms with E-state index in [4.69, 9.17) is 0 Å². The van der Waals surface area contributed by atoms with E-state index in [1.54, 1.807) is 6.92 Å². The Bertz CT molecular complexity index is 439. The van der Waals surface area contributed by atoms with Crippen molar-refractivity contribution < 1.29 is 9.59 Å². The van der Waals surface area contributed by atoms with Crippen LogP contribution in [0.15, 0.2) is 28.7 Å². The van der Waals surface area contributed by atoms with Gasteiger partial charge in [-0.2, -0.15) is 0 Å². The largest absolute Gasteiger partial charge is 0.300 e. The van der Waals surface area contributed by atoms with E-state index in [9.17, 15) is 9.59 Å². The molecule has 1 aliphatic carbocycles. The molecular weight excluding hydrogens is 268 g/mol. The molecule has 1 aromatic carbocycles. The summed E-state index contributed by atoms with van der Waals surface area (Å²) in [5.41, 5.74) is 1.00. The maximum absolute atomic E-state index is 11.9. The lowest BCUT2D eigenvalue weighted by atomic mass is 10.0. The zero-order chi connectivity index (χ0) is 11.7. The van der Waals surface area contributed by atoms with Gasteiger partial charge in [0.2, 0.25) is 0 Å². The number of benzene rings is 1. The summed E-state index contributed by atoms with van der Waals surface area (Å²) < 4.78 is 0.961. The van der Waals surface area contributed by atoms with Gasteiger partial charge in [-0.25, -0.2) is 0 Å². The van der Waals surface area contributed by atoms with Gasteiger partial charge in [0.05, 0.1) is 0 Å². The van der Waals surface area contributed by atoms with Gasteiger partial charge in [-0.1, -0.05) is 34.1 Å². The van der Waals surface area contributed by atoms with E-state index in [1.807, 2.05) is 24.3 Å². The summed E-state index contributed by atoms with van der Waals surface area (Å²) in [7, 11) is 0. The molecule has 1 aromatic rings. The third-order valence-electron chi connectivity index (χ3n) is 3.05. The number of carbonyl (C=O) groups is 2. The second-order valence-electron chi connectivity index (χ2n) is 4.29. The predicted octanol–water partition coefficient (Wildman–Crippen LogP) is 2.79. The van der Waals surface area contributed by atoms with Crippen molar-refractivity contribution in [2.75, 3.05) is 0 Å². The molecule has 3 heteroatoms. The summed E-state index contributed by atoms with van der Waals surface area (Å²) in [6.07, 6.45) is 1.18. The zero-order valence-corrected chi connectivity index (χ0v) is 10.7. The Kier molecular flexibility index (Phi) is 3.24. The van der Waals surface area contributed by atoms with E-state index in [0.29, 0.717) is 6.42 Å². The second kappa shape index (κ2) is 4.50. The normalized spacial score (nSPS) is 22.9. The first-order valence-electron chi connectivity index (χ1n) is 5.36. The minimum Gasteiger partial charge on any atom is -0.300 e. The molecule has 0 saturated heterocycles. The molecule has 0 aliphatic heterocycles. The molecule has 0 heterocycles. The number of carbonyl (C=O) groups excluding carboxylic acids is 2. The van der Waals surface area contributed by atoms with Crippen LogP contribution in [0.5, 0.6) is 0 Å². The van der Waals surface area contributed by atoms with Crippen LogP contribution in [0, 0.1) is 11.8 Å². The fourth-order valence-corrected chi connectivity index (χ4v) is 2.39. The number of hydrogen-bond acceptors (Lipinski definition) is 2. The molecular formula is C13H13BrO2. The lowest BCUT2D eigenvalue weighted by Crippen LogP contribution is -2.09. The standard InChI is InChI=1S/C13H13BrO2/c1-8(15)10-7-11(10)13(16)6-9-4-2-3-5-12(9)14/h2-5,10-11H,6-7H2,1H3. The van der Waals surface area contributed by atoms with Gasteiger partial charge in [-0.3, -0.25) is 9.59 Å². The highest BCUT2D eigenvalue weighted by Gasteiger charge is 2.45. The number of halogens is 1. The predicted molar refractivity (Wildman–Crippen MR) is 65.1 cm³/mol. The molecule has 2 nitrogen and oxygen atoms in total. The quantitative estimate of drug-likeness (QED) is 0.850. The number of hydrogen-bond donors (Lipinski definition) is 0. The second-order valence-corrected chi connectivity index (χ2v) is 5.15. The smallest absolute Gasteiger partial charge is 0.141 e. The summed E-state index contributed by atoms with van der Waals surface area (Å²) in [5, 5.41) is 0. The van der Waals surface area contributed by atoms with Crippen molar-refractivity contribution in [2.45, 2.75) is 19.8 Å². The van der Waals surface area contributed by atoms with Crippen molar-refractivity contribution in [3.8, 4) is 0 Å². The Morgan fingerprint density at radius 2 is 2.00 bits per heavy atom. The highest BCUT2D eigenvalue weighted by molar-refractivity contribution is 9.10. The van der Waals surface area contributed by atoms with Crippen molar-refractivity contribution in [3.05, 3.63) is 34.3 Å². The van der Waals surface area contributed by atoms with Crippen molar-refractivity contribution in [2.24, 2.45) is 11.8 Å². The van der Waals surface area contributed by atoms with E-state index in [1.165, 1.54) is 0 Å². The molecule has 1 saturated carbocycles. The lowest BCUT2D eigenvalue weighted by Gasteiger charge is -2.02. The van der Waals surface area contributed by atoms with Gasteiger partial charge in [0.1, 0.15) is 11.6 Å². The van der Waals surface area contributed by atoms with Gasteiger partial charge in [0, 0.05) is 22.7 Å². The van der Waals surface area contributed by atoms with E-state index in [0.717, 1.165) is 16.5 Å². The first-order valence-corrected chi connectivity index (χ1v) is 6.15. The maximum atomic E-state index is 11.9. The molecule has 1 fully saturated rings. The zero-order valence-electron chi connectivity index (χ0n) is 9.07. The van der Waals surface area contributed by atoms with Crippen LogP contribution in [0.25, 0.3) is 0 Å². The number of ketones is 2. The third-order valence-corrected chi connectivity index (χ3v) is 3.82. The van der Waals surface area contributed by atoms with Gasteiger partial charge >= 0.3 is 0 Å². The molecule has 84 valence electrons. The van der Waals surface area contributed by atoms with Gasteiger partial charge in [0.15, 0.2) is 0 Å². The van der Waals surface area contributed by atoms with Crippen LogP contribution in [-0.4, -0.2) is 11.6 Å². The van der Waals surface area contributed by atoms with Crippen molar-refractivity contribution >= 4 is 27.5 Å². The first-order chi connectivity index (χ1) is 7.59. The van der Waals surface area contributed by atoms with Gasteiger partial charge in [0.25, 0.3) is 0 Å². The lowest BCUT2D eigenvalue weighted by molar-refractivity contribution is -0.123. The molecule has 2 rings (SSSR count). The Balaban J connectivity index is 1.99. The molecule has 0 amide bonds. The molecule has 16 heavy (non-hydrogen) atoms. The molecule has 0 spiro atoms. The fourth-order valence-electron chi connectivity index (χ4n) is 1.96. The van der Waals surface area contributed by atoms with Crippen molar-refractivity contribution in [1.29, 1.82) is 0 Å². The van der Waals surface area contributed by atoms with Crippen LogP contribution in [0.2, 0.25) is 0 Å². The summed E-state index contributed by atoms with van der Waals surface area (Å²) in [6, 6.07) is 7.71. The van der Waals surface area contributed by atoms with Crippen LogP contribution in [-0.2, 0) is 16.0 Å². The fraction of sp³-hybridized carbons (Fsp3) is 0.385. The average Bonchev–Trinajstić information content (AvgIpc) is 3.01. The van der Waals surface area contributed by atoms with Crippen LogP contribution >= 0.6 is 15.9 Å². The summed E-state index contributed by atoms with van der Waals surface area (Å²) in [5.74, 6) is 0.303. The van der Waals surface area contributed by atoms with Crippen LogP contribution < -0.4 is 0 Å². The Hall–Kier alpha value is -0.960. The Labute approximate surface area is 103 Å². The molecule has 0 radical (unpaired) electrons. The van der Waals surface area contributed by atoms with Crippen molar-refractivity contribution in [1.82, 2.24) is 0 Å². The number of Topliss-reactive ketones (excluding diaryl/α,β-unsaturated/α-hetero) is 2. The molecule has 0 bridgehead atoms. The van der Waals surface area contributed by atoms with E-state index < -0.39 is 0 Å². The molecule has 2 unspecified atom stereocenters. The van der Waals surface area contributed by atoms with Gasteiger partial charge in [-0.05, 0) is 25.0 Å². The minimum absolute atomic E-state index is 0.00464. The first kappa shape index (κ1) is 11.5. The summed E-state index contributed by atoms with van der Waals surface area (Å²) in [4.78, 5) is 22.9. The van der Waals surface area contributed by atoms with Crippen LogP contribution in [0.3, 0.4) is 0 Å². The average molecular weight is 281 g/mol. The third kappa shape index (κ3) is 2.40. The molecule has 0 N–H and O–H groups in total. The van der Waals surface area contributed by atoms with Gasteiger partial charge in [-0.15, -0.1) is 0 Å². The van der Waals surface area contributed by atoms with E-state index in [-0.39, 0.29) is 23.4 Å². The highest BCUT2D eigenvalue weighted by Crippen LogP contribution is 2.40. The number of rotatable bonds is 4. The maximum Gasteiger partial charge on any atom is 0.141 e. The minimum atomic E-state index is -0.0235. The van der Waals surface area contributed by atoms with E-state index in [2.05, 4.69) is 15.9 Å². The summed E-state index contributed by atoms with van der Waals surface area (Å²) in [6.45, 7) is 1.57. The van der Waals surface area contributed by atoms with Crippen molar-refractivity contribution in [3.63, 3.8) is 0 Å². The monoisotopic (exact) mass is 280 g/mol. The van der Waals surface area contributed by atoms with Gasteiger partial charge < -0.3 is 0 Å². The molecule has 1 aliphatic rings. The van der Waals surface area contributed by atoms with Crippen LogP contribution in [0.4, 0.5) is 0 Å². The van der Waals surface area contributed by atoms with Crippen LogP contribution in [0.1, 0.15) is 18.9 Å². The van der Waals surface area contributed by atoms with E-state index >= 15 is 0 Å². The SMILES string of the molecule is CC(=O)C1CC1C(=O)Cc1ccccc1Br.